The number of ether oxygens (including phenoxy) is 2. The summed E-state index contributed by atoms with van der Waals surface area (Å²) in [4.78, 5) is 24.1. The molecule has 0 atom stereocenters. The zero-order valence-electron chi connectivity index (χ0n) is 15.0. The van der Waals surface area contributed by atoms with E-state index in [9.17, 15) is 9.59 Å². The van der Waals surface area contributed by atoms with Crippen molar-refractivity contribution in [1.29, 1.82) is 0 Å². The van der Waals surface area contributed by atoms with Gasteiger partial charge in [-0.1, -0.05) is 24.3 Å². The van der Waals surface area contributed by atoms with E-state index in [1.54, 1.807) is 26.4 Å². The summed E-state index contributed by atoms with van der Waals surface area (Å²) < 4.78 is 10.7. The highest BCUT2D eigenvalue weighted by atomic mass is 32.1. The smallest absolute Gasteiger partial charge is 0.235 e. The molecule has 0 aromatic heterocycles. The van der Waals surface area contributed by atoms with Crippen LogP contribution in [0.5, 0.6) is 11.5 Å². The Kier molecular flexibility index (Phi) is 5.46. The molecule has 142 valence electrons. The van der Waals surface area contributed by atoms with Gasteiger partial charge in [0.2, 0.25) is 11.8 Å². The van der Waals surface area contributed by atoms with E-state index in [2.05, 4.69) is 23.3 Å². The van der Waals surface area contributed by atoms with Crippen LogP contribution in [0.2, 0.25) is 0 Å². The first-order valence-corrected chi connectivity index (χ1v) is 8.84. The van der Waals surface area contributed by atoms with E-state index >= 15 is 0 Å². The van der Waals surface area contributed by atoms with Gasteiger partial charge < -0.3 is 25.8 Å². The van der Waals surface area contributed by atoms with Crippen LogP contribution in [0.3, 0.4) is 0 Å². The highest BCUT2D eigenvalue weighted by Gasteiger charge is 2.33. The highest BCUT2D eigenvalue weighted by Crippen LogP contribution is 2.38. The zero-order chi connectivity index (χ0) is 19.6. The van der Waals surface area contributed by atoms with Crippen LogP contribution in [0.25, 0.3) is 11.1 Å². The molecule has 1 aliphatic heterocycles. The molecule has 0 radical (unpaired) electrons. The number of carbonyl (C=O) groups is 2. The first-order valence-electron chi connectivity index (χ1n) is 8.32. The minimum absolute atomic E-state index is 0.299. The Morgan fingerprint density at radius 3 is 2.22 bits per heavy atom. The van der Waals surface area contributed by atoms with Crippen LogP contribution in [-0.2, 0) is 16.0 Å². The monoisotopic (exact) mass is 387 g/mol. The first kappa shape index (κ1) is 18.9. The first-order chi connectivity index (χ1) is 12.9. The Hall–Kier alpha value is -2.87. The molecule has 0 bridgehead atoms. The summed E-state index contributed by atoms with van der Waals surface area (Å²) in [6.07, 6.45) is 0.299. The summed E-state index contributed by atoms with van der Waals surface area (Å²) >= 11 is 4.05. The highest BCUT2D eigenvalue weighted by molar-refractivity contribution is 7.80. The number of nitrogens with two attached hydrogens (primary N) is 1. The average Bonchev–Trinajstić information content (AvgIpc) is 2.64. The molecule has 0 unspecified atom stereocenters. The van der Waals surface area contributed by atoms with Crippen LogP contribution < -0.4 is 25.8 Å². The number of nitrogen functional groups attached to an aromatic ring is 1. The van der Waals surface area contributed by atoms with Crippen molar-refractivity contribution in [2.45, 2.75) is 11.9 Å². The second-order valence-electron chi connectivity index (χ2n) is 6.17. The van der Waals surface area contributed by atoms with Crippen molar-refractivity contribution in [2.75, 3.05) is 20.0 Å². The number of methoxy groups -OCH3 is 2. The Morgan fingerprint density at radius 1 is 1.04 bits per heavy atom. The van der Waals surface area contributed by atoms with Gasteiger partial charge in [-0.15, -0.1) is 12.6 Å². The van der Waals surface area contributed by atoms with Crippen LogP contribution in [0.1, 0.15) is 5.56 Å². The van der Waals surface area contributed by atoms with Crippen LogP contribution in [0.15, 0.2) is 36.4 Å². The van der Waals surface area contributed by atoms with Gasteiger partial charge in [0.25, 0.3) is 0 Å². The molecule has 1 saturated heterocycles. The van der Waals surface area contributed by atoms with Crippen LogP contribution in [-0.4, -0.2) is 31.5 Å². The van der Waals surface area contributed by atoms with Gasteiger partial charge in [0, 0.05) is 23.4 Å². The number of anilines is 1. The van der Waals surface area contributed by atoms with Gasteiger partial charge in [-0.05, 0) is 17.5 Å². The molecule has 27 heavy (non-hydrogen) atoms. The topological polar surface area (TPSA) is 103 Å². The number of benzene rings is 2. The van der Waals surface area contributed by atoms with Crippen molar-refractivity contribution in [3.63, 3.8) is 0 Å². The number of rotatable bonds is 5. The lowest BCUT2D eigenvalue weighted by molar-refractivity contribution is -0.138. The molecule has 0 saturated carbocycles. The molecular formula is C19H21N3O4S. The van der Waals surface area contributed by atoms with Gasteiger partial charge >= 0.3 is 0 Å². The standard InChI is InChI=1S/C19H21N3O4S/c1-25-12-8-14(20)16(15(9-12)26-2)11-5-3-10(4-6-11)7-13-17(23)21-19(27)22-18(13)24/h3-6,8-9,13,19,27H,7,20H2,1-2H3,(H,21,23)(H,22,24). The Bertz CT molecular complexity index is 852. The van der Waals surface area contributed by atoms with E-state index in [4.69, 9.17) is 15.2 Å². The Balaban J connectivity index is 1.84. The fourth-order valence-corrected chi connectivity index (χ4v) is 3.31. The molecule has 2 aromatic rings. The minimum Gasteiger partial charge on any atom is -0.497 e. The number of hydrogen-bond acceptors (Lipinski definition) is 6. The van der Waals surface area contributed by atoms with Crippen LogP contribution >= 0.6 is 12.6 Å². The molecular weight excluding hydrogens is 366 g/mol. The molecule has 0 aliphatic carbocycles. The summed E-state index contributed by atoms with van der Waals surface area (Å²) in [5, 5.41) is 5.20. The Labute approximate surface area is 162 Å². The molecule has 3 rings (SSSR count). The maximum absolute atomic E-state index is 12.0. The average molecular weight is 387 g/mol. The lowest BCUT2D eigenvalue weighted by Gasteiger charge is -2.26. The van der Waals surface area contributed by atoms with Crippen molar-refractivity contribution in [2.24, 2.45) is 5.92 Å². The number of carbonyl (C=O) groups excluding carboxylic acids is 2. The van der Waals surface area contributed by atoms with Gasteiger partial charge in [-0.3, -0.25) is 9.59 Å². The van der Waals surface area contributed by atoms with Crippen LogP contribution in [0.4, 0.5) is 5.69 Å². The van der Waals surface area contributed by atoms with Gasteiger partial charge in [0.1, 0.15) is 22.9 Å². The quantitative estimate of drug-likeness (QED) is 0.354. The number of amides is 2. The molecule has 1 heterocycles. The predicted octanol–water partition coefficient (Wildman–Crippen LogP) is 1.57. The van der Waals surface area contributed by atoms with Gasteiger partial charge in [0.15, 0.2) is 0 Å². The van der Waals surface area contributed by atoms with Crippen molar-refractivity contribution < 1.29 is 19.1 Å². The number of hydrogen-bond donors (Lipinski definition) is 4. The lowest BCUT2D eigenvalue weighted by Crippen LogP contribution is -2.57. The third kappa shape index (κ3) is 3.95. The summed E-state index contributed by atoms with van der Waals surface area (Å²) in [6, 6.07) is 11.0. The fraction of sp³-hybridized carbons (Fsp3) is 0.263. The van der Waals surface area contributed by atoms with Crippen molar-refractivity contribution >= 4 is 30.1 Å². The van der Waals surface area contributed by atoms with Crippen LogP contribution in [0, 0.1) is 5.92 Å². The normalized spacial score (nSPS) is 19.2. The lowest BCUT2D eigenvalue weighted by atomic mass is 9.94. The second kappa shape index (κ2) is 7.79. The molecule has 2 amide bonds. The van der Waals surface area contributed by atoms with Gasteiger partial charge in [0.05, 0.1) is 14.2 Å². The minimum atomic E-state index is -0.778. The molecule has 4 N–H and O–H groups in total. The van der Waals surface area contributed by atoms with Crippen molar-refractivity contribution in [3.8, 4) is 22.6 Å². The summed E-state index contributed by atoms with van der Waals surface area (Å²) in [5.74, 6) is -0.223. The third-order valence-electron chi connectivity index (χ3n) is 4.44. The van der Waals surface area contributed by atoms with Gasteiger partial charge in [-0.2, -0.15) is 0 Å². The fourth-order valence-electron chi connectivity index (χ4n) is 3.05. The van der Waals surface area contributed by atoms with E-state index in [-0.39, 0.29) is 11.8 Å². The maximum Gasteiger partial charge on any atom is 0.235 e. The van der Waals surface area contributed by atoms with E-state index < -0.39 is 11.4 Å². The van der Waals surface area contributed by atoms with E-state index in [0.29, 0.717) is 23.6 Å². The van der Waals surface area contributed by atoms with Crippen molar-refractivity contribution in [1.82, 2.24) is 10.6 Å². The van der Waals surface area contributed by atoms with Crippen molar-refractivity contribution in [3.05, 3.63) is 42.0 Å². The molecule has 7 nitrogen and oxygen atoms in total. The maximum atomic E-state index is 12.0. The third-order valence-corrected chi connectivity index (χ3v) is 4.69. The molecule has 1 aliphatic rings. The number of thiol groups is 1. The Morgan fingerprint density at radius 2 is 1.67 bits per heavy atom. The molecule has 8 heteroatoms. The summed E-state index contributed by atoms with van der Waals surface area (Å²) in [6.45, 7) is 0. The second-order valence-corrected chi connectivity index (χ2v) is 6.68. The van der Waals surface area contributed by atoms with E-state index in [1.165, 1.54) is 0 Å². The molecule has 1 fully saturated rings. The zero-order valence-corrected chi connectivity index (χ0v) is 15.9. The summed E-state index contributed by atoms with van der Waals surface area (Å²) in [7, 11) is 3.14. The number of nitrogens with one attached hydrogen (secondary N) is 2. The SMILES string of the molecule is COc1cc(N)c(-c2ccc(CC3C(=O)NC(S)NC3=O)cc2)c(OC)c1. The van der Waals surface area contributed by atoms with E-state index in [0.717, 1.165) is 16.7 Å². The molecule has 2 aromatic carbocycles. The predicted molar refractivity (Wildman–Crippen MR) is 106 cm³/mol. The van der Waals surface area contributed by atoms with Gasteiger partial charge in [-0.25, -0.2) is 0 Å². The molecule has 0 spiro atoms. The summed E-state index contributed by atoms with van der Waals surface area (Å²) in [5.41, 5.74) is 8.54. The van der Waals surface area contributed by atoms with E-state index in [1.807, 2.05) is 24.3 Å². The largest absolute Gasteiger partial charge is 0.497 e.